The number of rotatable bonds is 4. The highest BCUT2D eigenvalue weighted by Crippen LogP contribution is 2.24. The molecule has 0 aromatic heterocycles. The normalized spacial score (nSPS) is 17.0. The number of anilines is 1. The Morgan fingerprint density at radius 2 is 2.16 bits per heavy atom. The van der Waals surface area contributed by atoms with Crippen LogP contribution in [0.15, 0.2) is 24.3 Å². The lowest BCUT2D eigenvalue weighted by atomic mass is 9.98. The monoisotopic (exact) mass is 261 g/mol. The van der Waals surface area contributed by atoms with Gasteiger partial charge in [-0.15, -0.1) is 0 Å². The zero-order valence-electron chi connectivity index (χ0n) is 11.0. The van der Waals surface area contributed by atoms with Crippen molar-refractivity contribution in [2.24, 2.45) is 0 Å². The summed E-state index contributed by atoms with van der Waals surface area (Å²) < 4.78 is 0. The van der Waals surface area contributed by atoms with Crippen LogP contribution in [0.2, 0.25) is 0 Å². The molecule has 1 aromatic carbocycles. The lowest BCUT2D eigenvalue weighted by Crippen LogP contribution is -2.42. The van der Waals surface area contributed by atoms with Crippen LogP contribution in [-0.4, -0.2) is 31.4 Å². The summed E-state index contributed by atoms with van der Waals surface area (Å²) in [6.45, 7) is 0.373. The molecule has 0 saturated carbocycles. The average Bonchev–Trinajstić information content (AvgIpc) is 2.46. The molecule has 1 atom stereocenters. The van der Waals surface area contributed by atoms with Gasteiger partial charge in [0, 0.05) is 25.7 Å². The fourth-order valence-corrected chi connectivity index (χ4v) is 2.18. The summed E-state index contributed by atoms with van der Waals surface area (Å²) in [6.07, 6.45) is 1.99. The zero-order valence-corrected chi connectivity index (χ0v) is 11.0. The van der Waals surface area contributed by atoms with Crippen LogP contribution in [-0.2, 0) is 16.0 Å². The van der Waals surface area contributed by atoms with E-state index in [1.54, 1.807) is 7.05 Å². The molecule has 19 heavy (non-hydrogen) atoms. The second-order valence-electron chi connectivity index (χ2n) is 4.61. The third-order valence-corrected chi connectivity index (χ3v) is 3.30. The van der Waals surface area contributed by atoms with Crippen molar-refractivity contribution in [3.05, 3.63) is 29.8 Å². The van der Waals surface area contributed by atoms with Crippen molar-refractivity contribution in [2.45, 2.75) is 25.3 Å². The first-order chi connectivity index (χ1) is 9.20. The van der Waals surface area contributed by atoms with Gasteiger partial charge in [0.1, 0.15) is 6.04 Å². The summed E-state index contributed by atoms with van der Waals surface area (Å²) in [5.74, 6) is -0.111. The SMILES string of the molecule is CNC(=O)CCNC(=O)C1CCc2ccccc2N1. The minimum Gasteiger partial charge on any atom is -0.373 e. The third-order valence-electron chi connectivity index (χ3n) is 3.30. The molecule has 2 rings (SSSR count). The van der Waals surface area contributed by atoms with E-state index in [0.29, 0.717) is 13.0 Å². The maximum Gasteiger partial charge on any atom is 0.242 e. The second kappa shape index (κ2) is 6.22. The van der Waals surface area contributed by atoms with Crippen LogP contribution in [0, 0.1) is 0 Å². The summed E-state index contributed by atoms with van der Waals surface area (Å²) in [5, 5.41) is 8.55. The van der Waals surface area contributed by atoms with Crippen LogP contribution in [0.25, 0.3) is 0 Å². The second-order valence-corrected chi connectivity index (χ2v) is 4.61. The highest BCUT2D eigenvalue weighted by Gasteiger charge is 2.23. The number of hydrogen-bond acceptors (Lipinski definition) is 3. The molecule has 1 aliphatic rings. The summed E-state index contributed by atoms with van der Waals surface area (Å²) in [6, 6.07) is 7.81. The molecule has 1 unspecified atom stereocenters. The number of amides is 2. The van der Waals surface area contributed by atoms with Gasteiger partial charge in [0.25, 0.3) is 0 Å². The Morgan fingerprint density at radius 1 is 1.37 bits per heavy atom. The van der Waals surface area contributed by atoms with Gasteiger partial charge in [0.2, 0.25) is 11.8 Å². The number of fused-ring (bicyclic) bond motifs is 1. The number of hydrogen-bond donors (Lipinski definition) is 3. The van der Waals surface area contributed by atoms with Crippen LogP contribution in [0.1, 0.15) is 18.4 Å². The number of para-hydroxylation sites is 1. The van der Waals surface area contributed by atoms with E-state index in [2.05, 4.69) is 22.0 Å². The Morgan fingerprint density at radius 3 is 2.95 bits per heavy atom. The molecule has 0 bridgehead atoms. The van der Waals surface area contributed by atoms with Crippen molar-refractivity contribution in [3.63, 3.8) is 0 Å². The van der Waals surface area contributed by atoms with E-state index in [1.165, 1.54) is 5.56 Å². The first-order valence-electron chi connectivity index (χ1n) is 6.53. The zero-order chi connectivity index (χ0) is 13.7. The van der Waals surface area contributed by atoms with Crippen LogP contribution in [0.5, 0.6) is 0 Å². The minimum absolute atomic E-state index is 0.0431. The van der Waals surface area contributed by atoms with Gasteiger partial charge in [-0.1, -0.05) is 18.2 Å². The number of benzene rings is 1. The first-order valence-corrected chi connectivity index (χ1v) is 6.53. The molecule has 0 radical (unpaired) electrons. The van der Waals surface area contributed by atoms with E-state index in [4.69, 9.17) is 0 Å². The lowest BCUT2D eigenvalue weighted by Gasteiger charge is -2.26. The molecule has 0 saturated heterocycles. The van der Waals surface area contributed by atoms with E-state index in [0.717, 1.165) is 18.5 Å². The van der Waals surface area contributed by atoms with Gasteiger partial charge in [-0.2, -0.15) is 0 Å². The molecule has 0 spiro atoms. The largest absolute Gasteiger partial charge is 0.373 e. The summed E-state index contributed by atoms with van der Waals surface area (Å²) in [7, 11) is 1.59. The van der Waals surface area contributed by atoms with Crippen LogP contribution < -0.4 is 16.0 Å². The predicted octanol–water partition coefficient (Wildman–Crippen LogP) is 0.666. The molecule has 102 valence electrons. The van der Waals surface area contributed by atoms with Crippen LogP contribution >= 0.6 is 0 Å². The number of carbonyl (C=O) groups is 2. The smallest absolute Gasteiger partial charge is 0.242 e. The molecule has 1 aliphatic heterocycles. The van der Waals surface area contributed by atoms with Crippen molar-refractivity contribution in [1.29, 1.82) is 0 Å². The van der Waals surface area contributed by atoms with Gasteiger partial charge in [0.15, 0.2) is 0 Å². The Bertz CT molecular complexity index is 474. The fraction of sp³-hybridized carbons (Fsp3) is 0.429. The van der Waals surface area contributed by atoms with Gasteiger partial charge < -0.3 is 16.0 Å². The lowest BCUT2D eigenvalue weighted by molar-refractivity contribution is -0.122. The number of nitrogens with one attached hydrogen (secondary N) is 3. The van der Waals surface area contributed by atoms with Crippen molar-refractivity contribution in [1.82, 2.24) is 10.6 Å². The summed E-state index contributed by atoms with van der Waals surface area (Å²) in [4.78, 5) is 23.0. The number of carbonyl (C=O) groups excluding carboxylic acids is 2. The van der Waals surface area contributed by atoms with Gasteiger partial charge in [-0.3, -0.25) is 9.59 Å². The topological polar surface area (TPSA) is 70.2 Å². The maximum absolute atomic E-state index is 12.0. The van der Waals surface area contributed by atoms with E-state index < -0.39 is 0 Å². The first kappa shape index (κ1) is 13.4. The summed E-state index contributed by atoms with van der Waals surface area (Å²) >= 11 is 0. The van der Waals surface area contributed by atoms with Crippen molar-refractivity contribution < 1.29 is 9.59 Å². The highest BCUT2D eigenvalue weighted by molar-refractivity contribution is 5.86. The van der Waals surface area contributed by atoms with E-state index in [9.17, 15) is 9.59 Å². The minimum atomic E-state index is -0.209. The van der Waals surface area contributed by atoms with E-state index in [-0.39, 0.29) is 17.9 Å². The molecule has 1 heterocycles. The molecule has 0 aliphatic carbocycles. The molecular weight excluding hydrogens is 242 g/mol. The van der Waals surface area contributed by atoms with Gasteiger partial charge >= 0.3 is 0 Å². The Balaban J connectivity index is 1.83. The van der Waals surface area contributed by atoms with E-state index >= 15 is 0 Å². The Labute approximate surface area is 112 Å². The quantitative estimate of drug-likeness (QED) is 0.746. The molecule has 3 N–H and O–H groups in total. The molecule has 2 amide bonds. The van der Waals surface area contributed by atoms with Crippen LogP contribution in [0.4, 0.5) is 5.69 Å². The summed E-state index contributed by atoms with van der Waals surface area (Å²) in [5.41, 5.74) is 2.28. The van der Waals surface area contributed by atoms with Gasteiger partial charge in [-0.05, 0) is 24.5 Å². The Kier molecular flexibility index (Phi) is 4.39. The molecule has 5 heteroatoms. The van der Waals surface area contributed by atoms with E-state index in [1.807, 2.05) is 18.2 Å². The molecular formula is C14H19N3O2. The van der Waals surface area contributed by atoms with Gasteiger partial charge in [-0.25, -0.2) is 0 Å². The van der Waals surface area contributed by atoms with Crippen LogP contribution in [0.3, 0.4) is 0 Å². The predicted molar refractivity (Wildman–Crippen MR) is 73.9 cm³/mol. The highest BCUT2D eigenvalue weighted by atomic mass is 16.2. The van der Waals surface area contributed by atoms with Crippen molar-refractivity contribution in [2.75, 3.05) is 18.9 Å². The molecule has 5 nitrogen and oxygen atoms in total. The van der Waals surface area contributed by atoms with Crippen molar-refractivity contribution in [3.8, 4) is 0 Å². The third kappa shape index (κ3) is 3.47. The standard InChI is InChI=1S/C14H19N3O2/c1-15-13(18)8-9-16-14(19)12-7-6-10-4-2-3-5-11(10)17-12/h2-5,12,17H,6-9H2,1H3,(H,15,18)(H,16,19). The average molecular weight is 261 g/mol. The maximum atomic E-state index is 12.0. The number of aryl methyl sites for hydroxylation is 1. The van der Waals surface area contributed by atoms with Gasteiger partial charge in [0.05, 0.1) is 0 Å². The molecule has 0 fully saturated rings. The molecule has 1 aromatic rings. The Hall–Kier alpha value is -2.04. The fourth-order valence-electron chi connectivity index (χ4n) is 2.18. The van der Waals surface area contributed by atoms with Crippen molar-refractivity contribution >= 4 is 17.5 Å².